The van der Waals surface area contributed by atoms with Gasteiger partial charge < -0.3 is 15.4 Å². The van der Waals surface area contributed by atoms with Crippen LogP contribution in [0.4, 0.5) is 24.5 Å². The average Bonchev–Trinajstić information content (AvgIpc) is 2.37. The Morgan fingerprint density at radius 2 is 2.16 bits per heavy atom. The third-order valence-corrected chi connectivity index (χ3v) is 2.91. The molecule has 0 saturated carbocycles. The lowest BCUT2D eigenvalue weighted by Gasteiger charge is -2.32. The van der Waals surface area contributed by atoms with Crippen LogP contribution in [-0.2, 0) is 10.9 Å². The van der Waals surface area contributed by atoms with Crippen molar-refractivity contribution in [3.63, 3.8) is 0 Å². The molecule has 2 N–H and O–H groups in total. The predicted octanol–water partition coefficient (Wildman–Crippen LogP) is 2.02. The molecule has 1 atom stereocenters. The summed E-state index contributed by atoms with van der Waals surface area (Å²) in [5.74, 6) is 0. The number of alkyl halides is 3. The Morgan fingerprint density at radius 1 is 1.42 bits per heavy atom. The van der Waals surface area contributed by atoms with E-state index in [0.717, 1.165) is 12.1 Å². The Bertz CT molecular complexity index is 510. The van der Waals surface area contributed by atoms with Crippen LogP contribution in [-0.4, -0.2) is 25.8 Å². The number of nitrogens with zero attached hydrogens (tertiary/aromatic N) is 2. The van der Waals surface area contributed by atoms with Crippen molar-refractivity contribution in [2.45, 2.75) is 12.3 Å². The van der Waals surface area contributed by atoms with Crippen LogP contribution in [0.2, 0.25) is 0 Å². The van der Waals surface area contributed by atoms with E-state index in [1.165, 1.54) is 6.07 Å². The molecule has 1 unspecified atom stereocenters. The van der Waals surface area contributed by atoms with Crippen molar-refractivity contribution in [2.75, 3.05) is 30.3 Å². The number of nitrogen functional groups attached to an aromatic ring is 1. The van der Waals surface area contributed by atoms with Crippen molar-refractivity contribution in [3.05, 3.63) is 23.8 Å². The Balaban J connectivity index is 2.24. The van der Waals surface area contributed by atoms with E-state index >= 15 is 0 Å². The van der Waals surface area contributed by atoms with Crippen molar-refractivity contribution in [1.29, 1.82) is 5.26 Å². The van der Waals surface area contributed by atoms with Gasteiger partial charge >= 0.3 is 6.18 Å². The van der Waals surface area contributed by atoms with Gasteiger partial charge in [0.25, 0.3) is 0 Å². The second-order valence-electron chi connectivity index (χ2n) is 4.21. The molecule has 1 aromatic carbocycles. The van der Waals surface area contributed by atoms with Crippen LogP contribution in [0.5, 0.6) is 0 Å². The number of ether oxygens (including phenoxy) is 1. The first kappa shape index (κ1) is 13.5. The number of nitrogens with two attached hydrogens (primary N) is 1. The fraction of sp³-hybridized carbons (Fsp3) is 0.417. The lowest BCUT2D eigenvalue weighted by Crippen LogP contribution is -2.42. The number of hydrogen-bond acceptors (Lipinski definition) is 4. The molecule has 0 aliphatic carbocycles. The molecule has 1 aliphatic rings. The third-order valence-electron chi connectivity index (χ3n) is 2.91. The molecular weight excluding hydrogens is 259 g/mol. The summed E-state index contributed by atoms with van der Waals surface area (Å²) in [6, 6.07) is 5.20. The van der Waals surface area contributed by atoms with Crippen LogP contribution in [0.15, 0.2) is 18.2 Å². The second kappa shape index (κ2) is 4.97. The maximum absolute atomic E-state index is 12.5. The van der Waals surface area contributed by atoms with Crippen molar-refractivity contribution < 1.29 is 17.9 Å². The van der Waals surface area contributed by atoms with Gasteiger partial charge in [0, 0.05) is 6.54 Å². The summed E-state index contributed by atoms with van der Waals surface area (Å²) in [4.78, 5) is 1.76. The SMILES string of the molecule is N#CC1CN(c2ccc(C(F)(F)F)cc2N)CCO1. The lowest BCUT2D eigenvalue weighted by molar-refractivity contribution is -0.137. The fourth-order valence-corrected chi connectivity index (χ4v) is 1.97. The zero-order chi connectivity index (χ0) is 14.0. The molecule has 0 spiro atoms. The topological polar surface area (TPSA) is 62.3 Å². The predicted molar refractivity (Wildman–Crippen MR) is 63.4 cm³/mol. The molecule has 0 radical (unpaired) electrons. The van der Waals surface area contributed by atoms with Crippen LogP contribution in [0.25, 0.3) is 0 Å². The largest absolute Gasteiger partial charge is 0.416 e. The van der Waals surface area contributed by atoms with Crippen LogP contribution in [0, 0.1) is 11.3 Å². The van der Waals surface area contributed by atoms with Gasteiger partial charge in [-0.25, -0.2) is 0 Å². The van der Waals surface area contributed by atoms with Crippen LogP contribution in [0.1, 0.15) is 5.56 Å². The van der Waals surface area contributed by atoms with E-state index in [1.54, 1.807) is 4.90 Å². The normalized spacial score (nSPS) is 20.1. The number of morpholine rings is 1. The minimum Gasteiger partial charge on any atom is -0.397 e. The number of hydrogen-bond donors (Lipinski definition) is 1. The monoisotopic (exact) mass is 271 g/mol. The third kappa shape index (κ3) is 2.90. The van der Waals surface area contributed by atoms with Gasteiger partial charge in [-0.15, -0.1) is 0 Å². The number of anilines is 2. The van der Waals surface area contributed by atoms with E-state index in [9.17, 15) is 13.2 Å². The Kier molecular flexibility index (Phi) is 3.53. The van der Waals surface area contributed by atoms with Crippen molar-refractivity contribution in [2.24, 2.45) is 0 Å². The number of nitriles is 1. The zero-order valence-electron chi connectivity index (χ0n) is 9.94. The molecule has 1 saturated heterocycles. The first-order valence-corrected chi connectivity index (χ1v) is 5.64. The van der Waals surface area contributed by atoms with E-state index < -0.39 is 17.8 Å². The van der Waals surface area contributed by atoms with Gasteiger partial charge in [-0.05, 0) is 18.2 Å². The zero-order valence-corrected chi connectivity index (χ0v) is 9.94. The molecule has 1 aliphatic heterocycles. The van der Waals surface area contributed by atoms with Gasteiger partial charge in [-0.3, -0.25) is 0 Å². The standard InChI is InChI=1S/C12H12F3N3O/c13-12(14,15)8-1-2-11(10(17)5-8)18-3-4-19-9(6-16)7-18/h1-2,5,9H,3-4,7,17H2. The van der Waals surface area contributed by atoms with E-state index in [1.807, 2.05) is 6.07 Å². The van der Waals surface area contributed by atoms with Gasteiger partial charge in [-0.1, -0.05) is 0 Å². The highest BCUT2D eigenvalue weighted by atomic mass is 19.4. The van der Waals surface area contributed by atoms with Crippen molar-refractivity contribution in [3.8, 4) is 6.07 Å². The molecule has 4 nitrogen and oxygen atoms in total. The average molecular weight is 271 g/mol. The minimum atomic E-state index is -4.41. The van der Waals surface area contributed by atoms with Gasteiger partial charge in [-0.2, -0.15) is 18.4 Å². The van der Waals surface area contributed by atoms with Gasteiger partial charge in [0.05, 0.1) is 36.2 Å². The maximum atomic E-state index is 12.5. The van der Waals surface area contributed by atoms with Gasteiger partial charge in [0.2, 0.25) is 0 Å². The van der Waals surface area contributed by atoms with Crippen molar-refractivity contribution in [1.82, 2.24) is 0 Å². The van der Waals surface area contributed by atoms with Crippen LogP contribution in [0.3, 0.4) is 0 Å². The van der Waals surface area contributed by atoms with Gasteiger partial charge in [0.15, 0.2) is 6.10 Å². The van der Waals surface area contributed by atoms with E-state index in [-0.39, 0.29) is 5.69 Å². The number of rotatable bonds is 1. The minimum absolute atomic E-state index is 0.0495. The lowest BCUT2D eigenvalue weighted by atomic mass is 10.1. The molecular formula is C12H12F3N3O. The van der Waals surface area contributed by atoms with Crippen molar-refractivity contribution >= 4 is 11.4 Å². The first-order valence-electron chi connectivity index (χ1n) is 5.64. The molecule has 0 bridgehead atoms. The Morgan fingerprint density at radius 3 is 2.74 bits per heavy atom. The molecule has 2 rings (SSSR count). The summed E-state index contributed by atoms with van der Waals surface area (Å²) in [5, 5.41) is 8.79. The summed E-state index contributed by atoms with van der Waals surface area (Å²) in [5.41, 5.74) is 5.44. The quantitative estimate of drug-likeness (QED) is 0.794. The van der Waals surface area contributed by atoms with Crippen LogP contribution >= 0.6 is 0 Å². The first-order chi connectivity index (χ1) is 8.91. The summed E-state index contributed by atoms with van der Waals surface area (Å²) in [6.07, 6.45) is -5.00. The smallest absolute Gasteiger partial charge is 0.397 e. The molecule has 0 amide bonds. The molecule has 19 heavy (non-hydrogen) atoms. The fourth-order valence-electron chi connectivity index (χ4n) is 1.97. The molecule has 1 fully saturated rings. The highest BCUT2D eigenvalue weighted by Gasteiger charge is 2.31. The second-order valence-corrected chi connectivity index (χ2v) is 4.21. The number of halogens is 3. The van der Waals surface area contributed by atoms with Crippen LogP contribution < -0.4 is 10.6 Å². The van der Waals surface area contributed by atoms with E-state index in [2.05, 4.69) is 0 Å². The molecule has 1 heterocycles. The molecule has 102 valence electrons. The summed E-state index contributed by atoms with van der Waals surface area (Å²) in [7, 11) is 0. The summed E-state index contributed by atoms with van der Waals surface area (Å²) in [6.45, 7) is 1.14. The highest BCUT2D eigenvalue weighted by Crippen LogP contribution is 2.34. The van der Waals surface area contributed by atoms with E-state index in [0.29, 0.717) is 25.4 Å². The maximum Gasteiger partial charge on any atom is 0.416 e. The van der Waals surface area contributed by atoms with E-state index in [4.69, 9.17) is 15.7 Å². The molecule has 7 heteroatoms. The Labute approximate surface area is 108 Å². The summed E-state index contributed by atoms with van der Waals surface area (Å²) < 4.78 is 42.8. The molecule has 1 aromatic rings. The Hall–Kier alpha value is -1.94. The van der Waals surface area contributed by atoms with Gasteiger partial charge in [0.1, 0.15) is 0 Å². The highest BCUT2D eigenvalue weighted by molar-refractivity contribution is 5.69. The number of benzene rings is 1. The molecule has 0 aromatic heterocycles. The summed E-state index contributed by atoms with van der Waals surface area (Å²) >= 11 is 0.